The van der Waals surface area contributed by atoms with Gasteiger partial charge in [0, 0.05) is 25.2 Å². The molecule has 134 valence electrons. The van der Waals surface area contributed by atoms with Crippen LogP contribution in [0.5, 0.6) is 0 Å². The van der Waals surface area contributed by atoms with Crippen LogP contribution in [0.1, 0.15) is 51.0 Å². The first-order valence-corrected chi connectivity index (χ1v) is 8.62. The second-order valence-electron chi connectivity index (χ2n) is 6.07. The van der Waals surface area contributed by atoms with Crippen molar-refractivity contribution in [3.8, 4) is 0 Å². The number of guanidine groups is 1. The van der Waals surface area contributed by atoms with E-state index in [0.717, 1.165) is 30.8 Å². The van der Waals surface area contributed by atoms with E-state index in [1.54, 1.807) is 0 Å². The van der Waals surface area contributed by atoms with Crippen molar-refractivity contribution in [1.29, 1.82) is 0 Å². The Morgan fingerprint density at radius 2 is 1.79 bits per heavy atom. The fourth-order valence-corrected chi connectivity index (χ4v) is 2.72. The van der Waals surface area contributed by atoms with Gasteiger partial charge in [-0.05, 0) is 37.0 Å². The predicted octanol–water partition coefficient (Wildman–Crippen LogP) is 3.73. The monoisotopic (exact) mass is 444 g/mol. The largest absolute Gasteiger partial charge is 0.370 e. The molecule has 0 unspecified atom stereocenters. The van der Waals surface area contributed by atoms with Gasteiger partial charge < -0.3 is 16.0 Å². The van der Waals surface area contributed by atoms with E-state index in [1.165, 1.54) is 25.7 Å². The van der Waals surface area contributed by atoms with Crippen molar-refractivity contribution in [2.75, 3.05) is 18.4 Å². The van der Waals surface area contributed by atoms with E-state index >= 15 is 0 Å². The van der Waals surface area contributed by atoms with Gasteiger partial charge in [0.1, 0.15) is 0 Å². The number of hydrogen-bond donors (Lipinski definition) is 2. The molecule has 1 fully saturated rings. The zero-order valence-corrected chi connectivity index (χ0v) is 16.8. The standard InChI is InChI=1S/C18H28N4O.HI/c1-2-7-17(23)21-16-10-8-15(9-11-16)14-20-18(19)22-12-5-3-4-6-13-22;/h8-11H,2-7,12-14H2,1H3,(H2,19,20)(H,21,23);1H. The number of anilines is 1. The fraction of sp³-hybridized carbons (Fsp3) is 0.556. The minimum Gasteiger partial charge on any atom is -0.370 e. The smallest absolute Gasteiger partial charge is 0.224 e. The number of halogens is 1. The molecule has 0 aromatic heterocycles. The third kappa shape index (κ3) is 7.07. The molecule has 0 saturated carbocycles. The Hall–Kier alpha value is -1.31. The molecule has 1 aliphatic heterocycles. The lowest BCUT2D eigenvalue weighted by atomic mass is 10.2. The molecular weight excluding hydrogens is 415 g/mol. The lowest BCUT2D eigenvalue weighted by molar-refractivity contribution is -0.116. The maximum atomic E-state index is 11.6. The first-order valence-electron chi connectivity index (χ1n) is 8.62. The van der Waals surface area contributed by atoms with Crippen molar-refractivity contribution in [2.45, 2.75) is 52.0 Å². The van der Waals surface area contributed by atoms with Gasteiger partial charge in [-0.25, -0.2) is 4.99 Å². The first-order chi connectivity index (χ1) is 11.2. The van der Waals surface area contributed by atoms with Crippen molar-refractivity contribution in [3.05, 3.63) is 29.8 Å². The minimum absolute atomic E-state index is 0. The summed E-state index contributed by atoms with van der Waals surface area (Å²) in [5, 5.41) is 2.89. The summed E-state index contributed by atoms with van der Waals surface area (Å²) in [6, 6.07) is 7.81. The number of likely N-dealkylation sites (tertiary alicyclic amines) is 1. The van der Waals surface area contributed by atoms with Gasteiger partial charge in [0.2, 0.25) is 5.91 Å². The molecule has 1 saturated heterocycles. The van der Waals surface area contributed by atoms with E-state index in [2.05, 4.69) is 15.2 Å². The molecule has 24 heavy (non-hydrogen) atoms. The number of benzene rings is 1. The highest BCUT2D eigenvalue weighted by Gasteiger charge is 2.10. The Morgan fingerprint density at radius 3 is 2.38 bits per heavy atom. The molecule has 1 aliphatic rings. The molecule has 0 radical (unpaired) electrons. The summed E-state index contributed by atoms with van der Waals surface area (Å²) in [5.41, 5.74) is 8.04. The van der Waals surface area contributed by atoms with Gasteiger partial charge in [0.25, 0.3) is 0 Å². The average Bonchev–Trinajstić information content (AvgIpc) is 2.83. The van der Waals surface area contributed by atoms with Gasteiger partial charge in [-0.2, -0.15) is 0 Å². The number of amides is 1. The Labute approximate surface area is 162 Å². The van der Waals surface area contributed by atoms with Crippen LogP contribution in [0.2, 0.25) is 0 Å². The molecule has 6 heteroatoms. The van der Waals surface area contributed by atoms with Gasteiger partial charge in [-0.3, -0.25) is 4.79 Å². The van der Waals surface area contributed by atoms with Gasteiger partial charge in [-0.1, -0.05) is 31.9 Å². The third-order valence-corrected chi connectivity index (χ3v) is 4.07. The summed E-state index contributed by atoms with van der Waals surface area (Å²) >= 11 is 0. The molecule has 0 aliphatic carbocycles. The van der Waals surface area contributed by atoms with E-state index in [-0.39, 0.29) is 29.9 Å². The average molecular weight is 444 g/mol. The van der Waals surface area contributed by atoms with Crippen LogP contribution in [0.15, 0.2) is 29.3 Å². The summed E-state index contributed by atoms with van der Waals surface area (Å²) in [7, 11) is 0. The number of nitrogens with one attached hydrogen (secondary N) is 1. The highest BCUT2D eigenvalue weighted by Crippen LogP contribution is 2.12. The second-order valence-corrected chi connectivity index (χ2v) is 6.07. The Kier molecular flexibility index (Phi) is 9.75. The van der Waals surface area contributed by atoms with Crippen LogP contribution in [0.25, 0.3) is 0 Å². The molecule has 2 rings (SSSR count). The molecule has 0 atom stereocenters. The first kappa shape index (κ1) is 20.7. The predicted molar refractivity (Wildman–Crippen MR) is 111 cm³/mol. The SMILES string of the molecule is CCCC(=O)Nc1ccc(CN=C(N)N2CCCCCC2)cc1.I. The molecule has 1 aromatic carbocycles. The van der Waals surface area contributed by atoms with Crippen molar-refractivity contribution >= 4 is 41.5 Å². The lowest BCUT2D eigenvalue weighted by Gasteiger charge is -2.21. The van der Waals surface area contributed by atoms with Crippen LogP contribution in [-0.4, -0.2) is 29.9 Å². The van der Waals surface area contributed by atoms with Crippen LogP contribution in [-0.2, 0) is 11.3 Å². The highest BCUT2D eigenvalue weighted by atomic mass is 127. The molecule has 3 N–H and O–H groups in total. The lowest BCUT2D eigenvalue weighted by Crippen LogP contribution is -2.38. The summed E-state index contributed by atoms with van der Waals surface area (Å²) in [6.07, 6.45) is 6.38. The second kappa shape index (κ2) is 11.3. The van der Waals surface area contributed by atoms with Crippen LogP contribution in [0, 0.1) is 0 Å². The molecule has 1 heterocycles. The minimum atomic E-state index is 0. The molecule has 5 nitrogen and oxygen atoms in total. The van der Waals surface area contributed by atoms with Crippen LogP contribution < -0.4 is 11.1 Å². The zero-order valence-electron chi connectivity index (χ0n) is 14.5. The highest BCUT2D eigenvalue weighted by molar-refractivity contribution is 14.0. The number of nitrogens with zero attached hydrogens (tertiary/aromatic N) is 2. The van der Waals surface area contributed by atoms with Gasteiger partial charge >= 0.3 is 0 Å². The van der Waals surface area contributed by atoms with E-state index in [1.807, 2.05) is 31.2 Å². The molecular formula is C18H29IN4O. The number of nitrogens with two attached hydrogens (primary N) is 1. The van der Waals surface area contributed by atoms with Crippen LogP contribution in [0.4, 0.5) is 5.69 Å². The number of rotatable bonds is 5. The van der Waals surface area contributed by atoms with Gasteiger partial charge in [0.05, 0.1) is 6.54 Å². The number of carbonyl (C=O) groups excluding carboxylic acids is 1. The zero-order chi connectivity index (χ0) is 16.5. The van der Waals surface area contributed by atoms with Crippen molar-refractivity contribution in [1.82, 2.24) is 4.90 Å². The Balaban J connectivity index is 0.00000288. The van der Waals surface area contributed by atoms with E-state index in [4.69, 9.17) is 5.73 Å². The summed E-state index contributed by atoms with van der Waals surface area (Å²) in [4.78, 5) is 18.3. The van der Waals surface area contributed by atoms with E-state index in [0.29, 0.717) is 18.9 Å². The molecule has 1 aromatic rings. The Bertz CT molecular complexity index is 522. The maximum absolute atomic E-state index is 11.6. The van der Waals surface area contributed by atoms with E-state index in [9.17, 15) is 4.79 Å². The topological polar surface area (TPSA) is 70.7 Å². The van der Waals surface area contributed by atoms with E-state index < -0.39 is 0 Å². The normalized spacial score (nSPS) is 15.4. The number of aliphatic imine (C=N–C) groups is 1. The molecule has 1 amide bonds. The maximum Gasteiger partial charge on any atom is 0.224 e. The third-order valence-electron chi connectivity index (χ3n) is 4.07. The number of carbonyl (C=O) groups is 1. The fourth-order valence-electron chi connectivity index (χ4n) is 2.72. The van der Waals surface area contributed by atoms with Crippen molar-refractivity contribution in [2.24, 2.45) is 10.7 Å². The van der Waals surface area contributed by atoms with Crippen molar-refractivity contribution < 1.29 is 4.79 Å². The summed E-state index contributed by atoms with van der Waals surface area (Å²) in [6.45, 7) is 4.59. The van der Waals surface area contributed by atoms with Crippen LogP contribution in [0.3, 0.4) is 0 Å². The number of hydrogen-bond acceptors (Lipinski definition) is 2. The summed E-state index contributed by atoms with van der Waals surface area (Å²) < 4.78 is 0. The van der Waals surface area contributed by atoms with Gasteiger partial charge in [-0.15, -0.1) is 24.0 Å². The quantitative estimate of drug-likeness (QED) is 0.413. The summed E-state index contributed by atoms with van der Waals surface area (Å²) in [5.74, 6) is 0.705. The van der Waals surface area contributed by atoms with Crippen molar-refractivity contribution in [3.63, 3.8) is 0 Å². The molecule has 0 spiro atoms. The molecule has 0 bridgehead atoms. The van der Waals surface area contributed by atoms with Crippen LogP contribution >= 0.6 is 24.0 Å². The van der Waals surface area contributed by atoms with Gasteiger partial charge in [0.15, 0.2) is 5.96 Å². The Morgan fingerprint density at radius 1 is 1.17 bits per heavy atom.